The van der Waals surface area contributed by atoms with E-state index in [0.717, 1.165) is 31.3 Å². The van der Waals surface area contributed by atoms with Crippen LogP contribution in [0, 0.1) is 11.8 Å². The molecule has 2 aliphatic rings. The number of rotatable bonds is 5. The Balaban J connectivity index is 2.28. The van der Waals surface area contributed by atoms with Crippen LogP contribution in [0.1, 0.15) is 32.1 Å². The summed E-state index contributed by atoms with van der Waals surface area (Å²) in [5.74, 6) is -0.0617. The van der Waals surface area contributed by atoms with E-state index in [1.807, 2.05) is 0 Å². The van der Waals surface area contributed by atoms with Crippen LogP contribution < -0.4 is 0 Å². The summed E-state index contributed by atoms with van der Waals surface area (Å²) >= 11 is 0. The molecule has 0 amide bonds. The fraction of sp³-hybridized carbons (Fsp3) is 0.625. The topological polar surface area (TPSA) is 52.6 Å². The molecule has 2 rings (SSSR count). The summed E-state index contributed by atoms with van der Waals surface area (Å²) in [7, 11) is 1.66. The van der Waals surface area contributed by atoms with Crippen LogP contribution in [-0.2, 0) is 19.1 Å². The van der Waals surface area contributed by atoms with E-state index in [9.17, 15) is 9.59 Å². The van der Waals surface area contributed by atoms with Crippen LogP contribution in [0.2, 0.25) is 0 Å². The van der Waals surface area contributed by atoms with Crippen LogP contribution in [0.4, 0.5) is 0 Å². The van der Waals surface area contributed by atoms with Gasteiger partial charge in [0.2, 0.25) is 0 Å². The van der Waals surface area contributed by atoms with Gasteiger partial charge in [-0.05, 0) is 36.7 Å². The molecule has 4 nitrogen and oxygen atoms in total. The molecule has 2 aliphatic carbocycles. The van der Waals surface area contributed by atoms with Crippen molar-refractivity contribution in [1.82, 2.24) is 0 Å². The molecule has 0 spiro atoms. The van der Waals surface area contributed by atoms with E-state index in [4.69, 9.17) is 9.47 Å². The molecule has 0 N–H and O–H groups in total. The van der Waals surface area contributed by atoms with Crippen LogP contribution in [0.15, 0.2) is 23.8 Å². The molecule has 20 heavy (non-hydrogen) atoms. The summed E-state index contributed by atoms with van der Waals surface area (Å²) in [4.78, 5) is 24.4. The molecular formula is C16H22O4. The van der Waals surface area contributed by atoms with Gasteiger partial charge in [-0.25, -0.2) is 4.79 Å². The number of esters is 1. The van der Waals surface area contributed by atoms with Crippen LogP contribution in [0.3, 0.4) is 0 Å². The number of ether oxygens (including phenoxy) is 2. The van der Waals surface area contributed by atoms with Crippen LogP contribution >= 0.6 is 0 Å². The molecule has 1 fully saturated rings. The van der Waals surface area contributed by atoms with Crippen molar-refractivity contribution in [2.75, 3.05) is 20.3 Å². The molecule has 0 aromatic carbocycles. The number of carbonyl (C=O) groups is 2. The highest BCUT2D eigenvalue weighted by atomic mass is 16.5. The lowest BCUT2D eigenvalue weighted by molar-refractivity contribution is -0.140. The molecule has 0 heterocycles. The Morgan fingerprint density at radius 3 is 2.95 bits per heavy atom. The van der Waals surface area contributed by atoms with E-state index in [2.05, 4.69) is 6.58 Å². The second-order valence-electron chi connectivity index (χ2n) is 5.48. The number of fused-ring (bicyclic) bond motifs is 1. The second-order valence-corrected chi connectivity index (χ2v) is 5.48. The predicted octanol–water partition coefficient (Wildman–Crippen LogP) is 2.44. The highest BCUT2D eigenvalue weighted by Crippen LogP contribution is 2.42. The maximum Gasteiger partial charge on any atom is 0.342 e. The van der Waals surface area contributed by atoms with Crippen molar-refractivity contribution in [2.45, 2.75) is 32.1 Å². The van der Waals surface area contributed by atoms with Gasteiger partial charge in [-0.1, -0.05) is 19.1 Å². The number of methoxy groups -OCH3 is 1. The number of Topliss-reactive ketones (excluding diaryl/α,β-unsaturated/α-hetero) is 1. The van der Waals surface area contributed by atoms with Crippen LogP contribution in [0.5, 0.6) is 0 Å². The second kappa shape index (κ2) is 6.84. The van der Waals surface area contributed by atoms with E-state index in [0.29, 0.717) is 24.5 Å². The van der Waals surface area contributed by atoms with Crippen molar-refractivity contribution in [3.8, 4) is 0 Å². The molecule has 110 valence electrons. The SMILES string of the molecule is C=CCOC(=O)C1=C2CCCC[C@@H]2[C@@H](COC)CC1=O. The number of hydrogen-bond donors (Lipinski definition) is 0. The molecule has 1 saturated carbocycles. The van der Waals surface area contributed by atoms with Crippen molar-refractivity contribution in [1.29, 1.82) is 0 Å². The third-order valence-corrected chi connectivity index (χ3v) is 4.19. The summed E-state index contributed by atoms with van der Waals surface area (Å²) in [5.41, 5.74) is 1.31. The Morgan fingerprint density at radius 2 is 2.25 bits per heavy atom. The average molecular weight is 278 g/mol. The minimum atomic E-state index is -0.479. The van der Waals surface area contributed by atoms with Gasteiger partial charge in [-0.15, -0.1) is 0 Å². The highest BCUT2D eigenvalue weighted by Gasteiger charge is 2.40. The average Bonchev–Trinajstić information content (AvgIpc) is 2.45. The fourth-order valence-corrected chi connectivity index (χ4v) is 3.37. The van der Waals surface area contributed by atoms with Gasteiger partial charge >= 0.3 is 5.97 Å². The summed E-state index contributed by atoms with van der Waals surface area (Å²) < 4.78 is 10.3. The molecule has 0 aromatic heterocycles. The molecule has 2 atom stereocenters. The zero-order valence-corrected chi connectivity index (χ0v) is 12.0. The Morgan fingerprint density at radius 1 is 1.45 bits per heavy atom. The van der Waals surface area contributed by atoms with Crippen molar-refractivity contribution in [2.24, 2.45) is 11.8 Å². The Kier molecular flexibility index (Phi) is 5.12. The number of ketones is 1. The van der Waals surface area contributed by atoms with E-state index >= 15 is 0 Å². The highest BCUT2D eigenvalue weighted by molar-refractivity contribution is 6.18. The summed E-state index contributed by atoms with van der Waals surface area (Å²) in [5, 5.41) is 0. The summed E-state index contributed by atoms with van der Waals surface area (Å²) in [6.07, 6.45) is 5.96. The van der Waals surface area contributed by atoms with E-state index in [1.165, 1.54) is 6.08 Å². The predicted molar refractivity (Wildman–Crippen MR) is 75.1 cm³/mol. The van der Waals surface area contributed by atoms with Gasteiger partial charge in [0.05, 0.1) is 6.61 Å². The first kappa shape index (κ1) is 15.0. The van der Waals surface area contributed by atoms with Gasteiger partial charge in [0.15, 0.2) is 5.78 Å². The van der Waals surface area contributed by atoms with E-state index in [-0.39, 0.29) is 18.3 Å². The third kappa shape index (κ3) is 3.01. The van der Waals surface area contributed by atoms with Gasteiger partial charge in [0, 0.05) is 13.5 Å². The standard InChI is InChI=1S/C16H22O4/c1-3-8-20-16(18)15-13-7-5-4-6-12(13)11(10-19-2)9-14(15)17/h3,11-12H,1,4-10H2,2H3/t11-,12-/m1/s1. The quantitative estimate of drug-likeness (QED) is 0.440. The maximum absolute atomic E-state index is 12.3. The van der Waals surface area contributed by atoms with Gasteiger partial charge in [0.25, 0.3) is 0 Å². The zero-order chi connectivity index (χ0) is 14.5. The largest absolute Gasteiger partial charge is 0.458 e. The van der Waals surface area contributed by atoms with Crippen molar-refractivity contribution >= 4 is 11.8 Å². The fourth-order valence-electron chi connectivity index (χ4n) is 3.37. The first-order chi connectivity index (χ1) is 9.69. The minimum Gasteiger partial charge on any atom is -0.458 e. The van der Waals surface area contributed by atoms with Crippen molar-refractivity contribution in [3.63, 3.8) is 0 Å². The maximum atomic E-state index is 12.3. The van der Waals surface area contributed by atoms with Crippen LogP contribution in [-0.4, -0.2) is 32.1 Å². The Hall–Kier alpha value is -1.42. The zero-order valence-electron chi connectivity index (χ0n) is 12.0. The molecular weight excluding hydrogens is 256 g/mol. The first-order valence-corrected chi connectivity index (χ1v) is 7.22. The molecule has 0 bridgehead atoms. The molecule has 0 aromatic rings. The molecule has 0 radical (unpaired) electrons. The third-order valence-electron chi connectivity index (χ3n) is 4.19. The van der Waals surface area contributed by atoms with Crippen molar-refractivity contribution < 1.29 is 19.1 Å². The van der Waals surface area contributed by atoms with E-state index < -0.39 is 5.97 Å². The number of hydrogen-bond acceptors (Lipinski definition) is 4. The molecule has 0 saturated heterocycles. The summed E-state index contributed by atoms with van der Waals surface area (Å²) in [6.45, 7) is 4.25. The molecule has 0 unspecified atom stereocenters. The lowest BCUT2D eigenvalue weighted by Gasteiger charge is -2.36. The van der Waals surface area contributed by atoms with Crippen molar-refractivity contribution in [3.05, 3.63) is 23.8 Å². The Bertz CT molecular complexity index is 436. The normalized spacial score (nSPS) is 26.1. The van der Waals surface area contributed by atoms with Gasteiger partial charge in [-0.2, -0.15) is 0 Å². The lowest BCUT2D eigenvalue weighted by atomic mass is 9.68. The lowest BCUT2D eigenvalue weighted by Crippen LogP contribution is -2.35. The Labute approximate surface area is 119 Å². The minimum absolute atomic E-state index is 0.0886. The number of allylic oxidation sites excluding steroid dienone is 1. The van der Waals surface area contributed by atoms with Gasteiger partial charge in [0.1, 0.15) is 12.2 Å². The van der Waals surface area contributed by atoms with Crippen LogP contribution in [0.25, 0.3) is 0 Å². The van der Waals surface area contributed by atoms with Gasteiger partial charge < -0.3 is 9.47 Å². The number of carbonyl (C=O) groups excluding carboxylic acids is 2. The summed E-state index contributed by atoms with van der Waals surface area (Å²) in [6, 6.07) is 0. The first-order valence-electron chi connectivity index (χ1n) is 7.22. The molecule has 0 aliphatic heterocycles. The van der Waals surface area contributed by atoms with Gasteiger partial charge in [-0.3, -0.25) is 4.79 Å². The monoisotopic (exact) mass is 278 g/mol. The van der Waals surface area contributed by atoms with E-state index in [1.54, 1.807) is 7.11 Å². The smallest absolute Gasteiger partial charge is 0.342 e. The molecule has 4 heteroatoms.